The quantitative estimate of drug-likeness (QED) is 0.741. The Hall–Kier alpha value is -2.31. The summed E-state index contributed by atoms with van der Waals surface area (Å²) in [5.74, 6) is 0.853. The Balaban J connectivity index is 1.42. The lowest BCUT2D eigenvalue weighted by molar-refractivity contribution is 0.227. The van der Waals surface area contributed by atoms with E-state index in [1.807, 2.05) is 30.3 Å². The van der Waals surface area contributed by atoms with Crippen molar-refractivity contribution in [3.63, 3.8) is 0 Å². The second kappa shape index (κ2) is 9.46. The maximum Gasteiger partial charge on any atom is 0.319 e. The highest BCUT2D eigenvalue weighted by molar-refractivity contribution is 6.30. The van der Waals surface area contributed by atoms with Gasteiger partial charge in [0.25, 0.3) is 0 Å². The highest BCUT2D eigenvalue weighted by Gasteiger charge is 2.24. The molecule has 0 spiro atoms. The van der Waals surface area contributed by atoms with Crippen LogP contribution < -0.4 is 15.5 Å². The van der Waals surface area contributed by atoms with Gasteiger partial charge in [0.2, 0.25) is 0 Å². The molecule has 0 saturated carbocycles. The lowest BCUT2D eigenvalue weighted by Crippen LogP contribution is -2.38. The van der Waals surface area contributed by atoms with E-state index in [4.69, 9.17) is 11.6 Å². The molecule has 7 heteroatoms. The van der Waals surface area contributed by atoms with Crippen molar-refractivity contribution in [2.45, 2.75) is 31.7 Å². The van der Waals surface area contributed by atoms with Crippen LogP contribution in [0.3, 0.4) is 0 Å². The first-order chi connectivity index (χ1) is 14.2. The molecule has 0 bridgehead atoms. The van der Waals surface area contributed by atoms with E-state index < -0.39 is 0 Å². The van der Waals surface area contributed by atoms with Gasteiger partial charge in [-0.1, -0.05) is 23.7 Å². The fourth-order valence-corrected chi connectivity index (χ4v) is 4.45. The standard InChI is InChI=1S/C22H28ClN5O/c23-18-8-5-7-17(15-18)20(27-11-1-2-12-27)16-25-22(29)26-19-9-6-10-24-21(19)28-13-3-4-14-28/h5-10,15,20H,1-4,11-14,16H2,(H2,25,26,29). The highest BCUT2D eigenvalue weighted by atomic mass is 35.5. The summed E-state index contributed by atoms with van der Waals surface area (Å²) in [6.07, 6.45) is 6.49. The molecule has 4 rings (SSSR count). The van der Waals surface area contributed by atoms with Crippen molar-refractivity contribution in [1.82, 2.24) is 15.2 Å². The summed E-state index contributed by atoms with van der Waals surface area (Å²) < 4.78 is 0. The first kappa shape index (κ1) is 20.0. The Morgan fingerprint density at radius 3 is 2.59 bits per heavy atom. The molecule has 2 aliphatic rings. The van der Waals surface area contributed by atoms with E-state index in [1.165, 1.54) is 25.7 Å². The average molecular weight is 414 g/mol. The van der Waals surface area contributed by atoms with Gasteiger partial charge in [-0.25, -0.2) is 9.78 Å². The molecular formula is C22H28ClN5O. The largest absolute Gasteiger partial charge is 0.355 e. The number of nitrogens with zero attached hydrogens (tertiary/aromatic N) is 3. The first-order valence-corrected chi connectivity index (χ1v) is 10.8. The molecule has 1 aromatic heterocycles. The molecule has 1 aromatic carbocycles. The zero-order chi connectivity index (χ0) is 20.1. The molecule has 2 saturated heterocycles. The average Bonchev–Trinajstić information content (AvgIpc) is 3.43. The molecule has 1 atom stereocenters. The number of benzene rings is 1. The van der Waals surface area contributed by atoms with E-state index in [0.717, 1.165) is 48.3 Å². The van der Waals surface area contributed by atoms with Gasteiger partial charge in [0, 0.05) is 30.9 Å². The number of likely N-dealkylation sites (tertiary alicyclic amines) is 1. The SMILES string of the molecule is O=C(NCC(c1cccc(Cl)c1)N1CCCC1)Nc1cccnc1N1CCCC1. The number of carbonyl (C=O) groups is 1. The molecule has 3 heterocycles. The van der Waals surface area contributed by atoms with Gasteiger partial charge in [0.1, 0.15) is 0 Å². The summed E-state index contributed by atoms with van der Waals surface area (Å²) in [4.78, 5) is 21.8. The molecule has 0 aliphatic carbocycles. The van der Waals surface area contributed by atoms with Crippen LogP contribution in [0.2, 0.25) is 5.02 Å². The number of hydrogen-bond acceptors (Lipinski definition) is 4. The van der Waals surface area contributed by atoms with Crippen LogP contribution in [0, 0.1) is 0 Å². The summed E-state index contributed by atoms with van der Waals surface area (Å²) in [7, 11) is 0. The number of hydrogen-bond donors (Lipinski definition) is 2. The van der Waals surface area contributed by atoms with Gasteiger partial charge in [-0.05, 0) is 68.6 Å². The van der Waals surface area contributed by atoms with Crippen molar-refractivity contribution in [2.24, 2.45) is 0 Å². The lowest BCUT2D eigenvalue weighted by Gasteiger charge is -2.28. The molecule has 2 aliphatic heterocycles. The Bertz CT molecular complexity index is 833. The number of aromatic nitrogens is 1. The summed E-state index contributed by atoms with van der Waals surface area (Å²) in [6.45, 7) is 4.59. The third kappa shape index (κ3) is 5.00. The number of halogens is 1. The van der Waals surface area contributed by atoms with Crippen LogP contribution in [0.25, 0.3) is 0 Å². The first-order valence-electron chi connectivity index (χ1n) is 10.4. The van der Waals surface area contributed by atoms with Crippen LogP contribution in [-0.2, 0) is 0 Å². The number of urea groups is 1. The van der Waals surface area contributed by atoms with Crippen molar-refractivity contribution < 1.29 is 4.79 Å². The molecule has 154 valence electrons. The van der Waals surface area contributed by atoms with Gasteiger partial charge >= 0.3 is 6.03 Å². The summed E-state index contributed by atoms with van der Waals surface area (Å²) in [5, 5.41) is 6.78. The van der Waals surface area contributed by atoms with E-state index >= 15 is 0 Å². The Labute approximate surface area is 177 Å². The van der Waals surface area contributed by atoms with Crippen molar-refractivity contribution in [3.05, 3.63) is 53.2 Å². The molecule has 2 aromatic rings. The number of pyridine rings is 1. The molecule has 2 amide bonds. The zero-order valence-electron chi connectivity index (χ0n) is 16.6. The van der Waals surface area contributed by atoms with Gasteiger partial charge in [-0.15, -0.1) is 0 Å². The number of anilines is 2. The molecule has 1 unspecified atom stereocenters. The maximum atomic E-state index is 12.7. The minimum Gasteiger partial charge on any atom is -0.355 e. The Morgan fingerprint density at radius 1 is 1.07 bits per heavy atom. The predicted molar refractivity (Wildman–Crippen MR) is 118 cm³/mol. The van der Waals surface area contributed by atoms with E-state index in [-0.39, 0.29) is 12.1 Å². The fraction of sp³-hybridized carbons (Fsp3) is 0.455. The van der Waals surface area contributed by atoms with Gasteiger partial charge in [-0.2, -0.15) is 0 Å². The van der Waals surface area contributed by atoms with Crippen LogP contribution in [0.4, 0.5) is 16.3 Å². The summed E-state index contributed by atoms with van der Waals surface area (Å²) in [5.41, 5.74) is 1.89. The highest BCUT2D eigenvalue weighted by Crippen LogP contribution is 2.28. The number of carbonyl (C=O) groups excluding carboxylic acids is 1. The fourth-order valence-electron chi connectivity index (χ4n) is 4.26. The predicted octanol–water partition coefficient (Wildman–Crippen LogP) is 4.29. The molecular weight excluding hydrogens is 386 g/mol. The smallest absolute Gasteiger partial charge is 0.319 e. The summed E-state index contributed by atoms with van der Waals surface area (Å²) >= 11 is 6.22. The third-order valence-electron chi connectivity index (χ3n) is 5.71. The van der Waals surface area contributed by atoms with E-state index in [1.54, 1.807) is 6.20 Å². The molecule has 6 nitrogen and oxygen atoms in total. The Kier molecular flexibility index (Phi) is 6.52. The second-order valence-corrected chi connectivity index (χ2v) is 8.15. The van der Waals surface area contributed by atoms with Crippen LogP contribution in [-0.4, -0.2) is 48.6 Å². The Morgan fingerprint density at radius 2 is 1.83 bits per heavy atom. The van der Waals surface area contributed by atoms with Gasteiger partial charge in [0.05, 0.1) is 11.7 Å². The normalized spacial score (nSPS) is 18.0. The molecule has 29 heavy (non-hydrogen) atoms. The summed E-state index contributed by atoms with van der Waals surface area (Å²) in [6, 6.07) is 11.6. The molecule has 2 N–H and O–H groups in total. The lowest BCUT2D eigenvalue weighted by atomic mass is 10.1. The van der Waals surface area contributed by atoms with Crippen LogP contribution in [0.5, 0.6) is 0 Å². The topological polar surface area (TPSA) is 60.5 Å². The monoisotopic (exact) mass is 413 g/mol. The molecule has 0 radical (unpaired) electrons. The van der Waals surface area contributed by atoms with Crippen molar-refractivity contribution >= 4 is 29.1 Å². The van der Waals surface area contributed by atoms with Crippen molar-refractivity contribution in [3.8, 4) is 0 Å². The van der Waals surface area contributed by atoms with Gasteiger partial charge in [-0.3, -0.25) is 4.90 Å². The number of nitrogens with one attached hydrogen (secondary N) is 2. The minimum atomic E-state index is -0.204. The van der Waals surface area contributed by atoms with E-state index in [2.05, 4.69) is 31.5 Å². The number of amides is 2. The van der Waals surface area contributed by atoms with Crippen molar-refractivity contribution in [1.29, 1.82) is 0 Å². The van der Waals surface area contributed by atoms with E-state index in [9.17, 15) is 4.79 Å². The minimum absolute atomic E-state index is 0.119. The van der Waals surface area contributed by atoms with Crippen LogP contribution in [0.15, 0.2) is 42.6 Å². The molecule has 2 fully saturated rings. The number of rotatable bonds is 6. The van der Waals surface area contributed by atoms with E-state index in [0.29, 0.717) is 6.54 Å². The zero-order valence-corrected chi connectivity index (χ0v) is 17.4. The maximum absolute atomic E-state index is 12.7. The van der Waals surface area contributed by atoms with Crippen LogP contribution >= 0.6 is 11.6 Å². The van der Waals surface area contributed by atoms with Gasteiger partial charge in [0.15, 0.2) is 5.82 Å². The third-order valence-corrected chi connectivity index (χ3v) is 5.95. The van der Waals surface area contributed by atoms with Gasteiger partial charge < -0.3 is 15.5 Å². The second-order valence-electron chi connectivity index (χ2n) is 7.72. The van der Waals surface area contributed by atoms with Crippen molar-refractivity contribution in [2.75, 3.05) is 42.9 Å². The van der Waals surface area contributed by atoms with Crippen LogP contribution in [0.1, 0.15) is 37.3 Å².